The van der Waals surface area contributed by atoms with Crippen molar-refractivity contribution in [3.63, 3.8) is 0 Å². The Hall–Kier alpha value is -2.64. The lowest BCUT2D eigenvalue weighted by Crippen LogP contribution is -2.35. The first kappa shape index (κ1) is 22.1. The van der Waals surface area contributed by atoms with E-state index in [-0.39, 0.29) is 11.3 Å². The predicted molar refractivity (Wildman–Crippen MR) is 119 cm³/mol. The zero-order valence-corrected chi connectivity index (χ0v) is 18.7. The summed E-state index contributed by atoms with van der Waals surface area (Å²) in [4.78, 5) is 30.2. The molecule has 1 atom stereocenters. The topological polar surface area (TPSA) is 70.1 Å². The molecule has 3 rings (SSSR count). The van der Waals surface area contributed by atoms with Crippen molar-refractivity contribution in [2.45, 2.75) is 26.3 Å². The highest BCUT2D eigenvalue weighted by Crippen LogP contribution is 2.42. The number of nitrogens with zero attached hydrogens (tertiary/aromatic N) is 2. The second-order valence-electron chi connectivity index (χ2n) is 7.64. The van der Waals surface area contributed by atoms with Gasteiger partial charge in [0.1, 0.15) is 11.5 Å². The molecule has 0 saturated carbocycles. The van der Waals surface area contributed by atoms with Gasteiger partial charge in [0, 0.05) is 23.5 Å². The predicted octanol–water partition coefficient (Wildman–Crippen LogP) is 3.83. The Morgan fingerprint density at radius 1 is 1.20 bits per heavy atom. The minimum absolute atomic E-state index is 0.145. The smallest absolute Gasteiger partial charge is 0.295 e. The van der Waals surface area contributed by atoms with E-state index >= 15 is 0 Å². The number of ketones is 1. The molecule has 1 aromatic carbocycles. The summed E-state index contributed by atoms with van der Waals surface area (Å²) in [6, 6.07) is 8.33. The van der Waals surface area contributed by atoms with Crippen LogP contribution in [0.2, 0.25) is 0 Å². The van der Waals surface area contributed by atoms with Crippen LogP contribution >= 0.6 is 11.3 Å². The van der Waals surface area contributed by atoms with Crippen molar-refractivity contribution in [2.75, 3.05) is 33.8 Å². The first-order valence-corrected chi connectivity index (χ1v) is 10.9. The Bertz CT molecular complexity index is 946. The Balaban J connectivity index is 2.04. The van der Waals surface area contributed by atoms with Crippen LogP contribution in [0.15, 0.2) is 41.3 Å². The molecule has 1 aliphatic rings. The number of ether oxygens (including phenoxy) is 1. The van der Waals surface area contributed by atoms with Crippen molar-refractivity contribution in [3.8, 4) is 5.75 Å². The molecule has 6 nitrogen and oxygen atoms in total. The third kappa shape index (κ3) is 4.42. The van der Waals surface area contributed by atoms with Gasteiger partial charge in [-0.3, -0.25) is 9.59 Å². The number of thiophene rings is 1. The van der Waals surface area contributed by atoms with E-state index in [0.717, 1.165) is 16.9 Å². The van der Waals surface area contributed by atoms with Gasteiger partial charge in [0.25, 0.3) is 11.7 Å². The average molecular weight is 429 g/mol. The zero-order chi connectivity index (χ0) is 21.8. The number of carbonyl (C=O) groups excluding carboxylic acids is 2. The normalized spacial score (nSPS) is 18.4. The monoisotopic (exact) mass is 428 g/mol. The van der Waals surface area contributed by atoms with Gasteiger partial charge in [0.2, 0.25) is 0 Å². The zero-order valence-electron chi connectivity index (χ0n) is 17.8. The summed E-state index contributed by atoms with van der Waals surface area (Å²) in [5.41, 5.74) is 1.63. The van der Waals surface area contributed by atoms with Gasteiger partial charge >= 0.3 is 0 Å². The first-order chi connectivity index (χ1) is 14.3. The summed E-state index contributed by atoms with van der Waals surface area (Å²) in [5.74, 6) is -0.666. The number of Topliss-reactive ketones (excluding diaryl/α,β-unsaturated/α-hetero) is 1. The molecule has 1 saturated heterocycles. The Labute approximate surface area is 181 Å². The molecule has 1 unspecified atom stereocenters. The number of rotatable bonds is 8. The van der Waals surface area contributed by atoms with Crippen LogP contribution in [-0.2, 0) is 9.59 Å². The molecule has 1 N–H and O–H groups in total. The van der Waals surface area contributed by atoms with Crippen LogP contribution in [0.4, 0.5) is 0 Å². The first-order valence-electron chi connectivity index (χ1n) is 10.1. The lowest BCUT2D eigenvalue weighted by atomic mass is 9.98. The minimum atomic E-state index is -0.643. The van der Waals surface area contributed by atoms with E-state index in [1.807, 2.05) is 44.3 Å². The number of benzene rings is 1. The van der Waals surface area contributed by atoms with Crippen molar-refractivity contribution >= 4 is 28.8 Å². The van der Waals surface area contributed by atoms with Crippen molar-refractivity contribution in [1.29, 1.82) is 0 Å². The van der Waals surface area contributed by atoms with Crippen LogP contribution in [0.1, 0.15) is 35.4 Å². The van der Waals surface area contributed by atoms with Gasteiger partial charge in [-0.1, -0.05) is 6.92 Å². The molecule has 1 amide bonds. The number of hydrogen-bond donors (Lipinski definition) is 1. The second kappa shape index (κ2) is 9.45. The number of aliphatic hydroxyl groups is 1. The van der Waals surface area contributed by atoms with Crippen LogP contribution in [0.5, 0.6) is 5.75 Å². The highest BCUT2D eigenvalue weighted by Gasteiger charge is 2.46. The fourth-order valence-electron chi connectivity index (χ4n) is 3.44. The largest absolute Gasteiger partial charge is 0.507 e. The Morgan fingerprint density at radius 2 is 1.90 bits per heavy atom. The molecule has 1 aliphatic heterocycles. The van der Waals surface area contributed by atoms with E-state index in [4.69, 9.17) is 4.74 Å². The molecule has 7 heteroatoms. The molecule has 2 aromatic rings. The summed E-state index contributed by atoms with van der Waals surface area (Å²) >= 11 is 1.49. The quantitative estimate of drug-likeness (QED) is 0.393. The standard InChI is InChI=1S/C23H28N2O4S/c1-5-13-29-17-8-6-16(7-9-17)20(26)18-19(22-15(2)10-14-30-22)25(12-11-24(3)4)23(28)21(18)27/h6-10,14,19,26H,5,11-13H2,1-4H3/b20-18-. The molecule has 30 heavy (non-hydrogen) atoms. The molecule has 1 aromatic heterocycles. The van der Waals surface area contributed by atoms with Crippen molar-refractivity contribution in [1.82, 2.24) is 9.80 Å². The summed E-state index contributed by atoms with van der Waals surface area (Å²) in [7, 11) is 3.84. The van der Waals surface area contributed by atoms with Gasteiger partial charge in [-0.05, 0) is 68.7 Å². The molecule has 0 bridgehead atoms. The van der Waals surface area contributed by atoms with Gasteiger partial charge < -0.3 is 19.6 Å². The van der Waals surface area contributed by atoms with Crippen LogP contribution in [0, 0.1) is 6.92 Å². The molecular weight excluding hydrogens is 400 g/mol. The SMILES string of the molecule is CCCOc1ccc(/C(O)=C2/C(=O)C(=O)N(CCN(C)C)C2c2sccc2C)cc1. The fraction of sp³-hybridized carbons (Fsp3) is 0.391. The highest BCUT2D eigenvalue weighted by molar-refractivity contribution is 7.10. The molecule has 0 spiro atoms. The molecule has 0 aliphatic carbocycles. The van der Waals surface area contributed by atoms with Gasteiger partial charge in [0.05, 0.1) is 18.2 Å². The maximum Gasteiger partial charge on any atom is 0.295 e. The van der Waals surface area contributed by atoms with E-state index in [1.54, 1.807) is 29.2 Å². The van der Waals surface area contributed by atoms with Gasteiger partial charge in [0.15, 0.2) is 0 Å². The lowest BCUT2D eigenvalue weighted by Gasteiger charge is -2.26. The van der Waals surface area contributed by atoms with Crippen LogP contribution in [0.3, 0.4) is 0 Å². The van der Waals surface area contributed by atoms with Crippen LogP contribution < -0.4 is 4.74 Å². The lowest BCUT2D eigenvalue weighted by molar-refractivity contribution is -0.140. The summed E-state index contributed by atoms with van der Waals surface area (Å²) in [5, 5.41) is 13.0. The highest BCUT2D eigenvalue weighted by atomic mass is 32.1. The van der Waals surface area contributed by atoms with E-state index in [2.05, 4.69) is 0 Å². The number of aryl methyl sites for hydroxylation is 1. The third-order valence-electron chi connectivity index (χ3n) is 5.08. The van der Waals surface area contributed by atoms with Gasteiger partial charge in [-0.25, -0.2) is 0 Å². The van der Waals surface area contributed by atoms with E-state index in [1.165, 1.54) is 11.3 Å². The molecule has 2 heterocycles. The average Bonchev–Trinajstić information content (AvgIpc) is 3.25. The Kier molecular flexibility index (Phi) is 6.95. The number of likely N-dealkylation sites (N-methyl/N-ethyl adjacent to an activating group) is 1. The van der Waals surface area contributed by atoms with Gasteiger partial charge in [-0.2, -0.15) is 0 Å². The Morgan fingerprint density at radius 3 is 2.47 bits per heavy atom. The van der Waals surface area contributed by atoms with Crippen LogP contribution in [0.25, 0.3) is 5.76 Å². The molecule has 160 valence electrons. The van der Waals surface area contributed by atoms with E-state index in [9.17, 15) is 14.7 Å². The molecule has 0 radical (unpaired) electrons. The summed E-state index contributed by atoms with van der Waals surface area (Å²) in [6.07, 6.45) is 0.901. The van der Waals surface area contributed by atoms with Gasteiger partial charge in [-0.15, -0.1) is 11.3 Å². The second-order valence-corrected chi connectivity index (χ2v) is 8.58. The molecule has 1 fully saturated rings. The van der Waals surface area contributed by atoms with Crippen molar-refractivity contribution in [2.24, 2.45) is 0 Å². The number of likely N-dealkylation sites (tertiary alicyclic amines) is 1. The number of amides is 1. The maximum absolute atomic E-state index is 13.0. The fourth-order valence-corrected chi connectivity index (χ4v) is 4.49. The van der Waals surface area contributed by atoms with E-state index in [0.29, 0.717) is 31.0 Å². The van der Waals surface area contributed by atoms with Crippen molar-refractivity contribution in [3.05, 3.63) is 57.3 Å². The van der Waals surface area contributed by atoms with Crippen LogP contribution in [-0.4, -0.2) is 60.4 Å². The number of hydrogen-bond acceptors (Lipinski definition) is 6. The summed E-state index contributed by atoms with van der Waals surface area (Å²) < 4.78 is 5.59. The molecular formula is C23H28N2O4S. The summed E-state index contributed by atoms with van der Waals surface area (Å²) in [6.45, 7) is 5.62. The number of aliphatic hydroxyl groups excluding tert-OH is 1. The number of carbonyl (C=O) groups is 2. The maximum atomic E-state index is 13.0. The van der Waals surface area contributed by atoms with Crippen molar-refractivity contribution < 1.29 is 19.4 Å². The minimum Gasteiger partial charge on any atom is -0.507 e. The third-order valence-corrected chi connectivity index (χ3v) is 6.15. The van der Waals surface area contributed by atoms with E-state index < -0.39 is 17.7 Å².